The van der Waals surface area contributed by atoms with Crippen LogP contribution in [0.4, 0.5) is 32.3 Å². The van der Waals surface area contributed by atoms with Crippen molar-refractivity contribution >= 4 is 17.5 Å². The Bertz CT molecular complexity index is 1510. The molecule has 8 nitrogen and oxygen atoms in total. The second-order valence-electron chi connectivity index (χ2n) is 11.5. The summed E-state index contributed by atoms with van der Waals surface area (Å²) in [6, 6.07) is 7.42. The van der Waals surface area contributed by atoms with Crippen molar-refractivity contribution < 1.29 is 40.6 Å². The summed E-state index contributed by atoms with van der Waals surface area (Å²) >= 11 is 0. The lowest BCUT2D eigenvalue weighted by Crippen LogP contribution is -2.29. The van der Waals surface area contributed by atoms with E-state index in [0.29, 0.717) is 30.7 Å². The summed E-state index contributed by atoms with van der Waals surface area (Å²) in [5.74, 6) is 0.413. The van der Waals surface area contributed by atoms with Gasteiger partial charge in [-0.15, -0.1) is 5.10 Å². The van der Waals surface area contributed by atoms with Gasteiger partial charge in [0.25, 0.3) is 5.95 Å². The summed E-state index contributed by atoms with van der Waals surface area (Å²) in [5.41, 5.74) is 0.786. The van der Waals surface area contributed by atoms with Crippen LogP contribution in [0.25, 0.3) is 5.57 Å². The van der Waals surface area contributed by atoms with Crippen molar-refractivity contribution in [2.24, 2.45) is 5.92 Å². The average Bonchev–Trinajstić information content (AvgIpc) is 3.43. The average molecular weight is 640 g/mol. The van der Waals surface area contributed by atoms with Crippen molar-refractivity contribution in [3.63, 3.8) is 0 Å². The lowest BCUT2D eigenvalue weighted by atomic mass is 9.80. The van der Waals surface area contributed by atoms with Crippen LogP contribution >= 0.6 is 0 Å². The standard InChI is InChI=1S/C31H35F6N5O3/c1-18(2)21-7-9-27(44-4)26(13-21)25-8-6-19(3)10-22(25)16-41(29-38-40-42(39-29)17-28(43)45-5)15-20-11-23(30(32,33)34)14-24(12-20)31(35,36)37/h7,9,11-14,18-19H,6,8,10,15-17H2,1-5H3. The molecule has 0 bridgehead atoms. The molecule has 1 aliphatic rings. The number of anilines is 1. The normalized spacial score (nSPS) is 15.9. The Morgan fingerprint density at radius 2 is 1.69 bits per heavy atom. The van der Waals surface area contributed by atoms with E-state index in [1.54, 1.807) is 7.11 Å². The maximum Gasteiger partial charge on any atom is 0.416 e. The smallest absolute Gasteiger partial charge is 0.416 e. The summed E-state index contributed by atoms with van der Waals surface area (Å²) < 4.78 is 92.5. The molecule has 0 radical (unpaired) electrons. The third-order valence-corrected chi connectivity index (χ3v) is 7.75. The highest BCUT2D eigenvalue weighted by Gasteiger charge is 2.37. The molecule has 0 amide bonds. The number of carbonyl (C=O) groups is 1. The number of nitrogens with zero attached hydrogens (tertiary/aromatic N) is 5. The zero-order chi connectivity index (χ0) is 33.1. The van der Waals surface area contributed by atoms with Gasteiger partial charge < -0.3 is 14.4 Å². The molecule has 14 heteroatoms. The second-order valence-corrected chi connectivity index (χ2v) is 11.5. The molecule has 4 rings (SSSR count). The molecule has 3 aromatic rings. The SMILES string of the molecule is COC(=O)Cn1nnc(N(CC2=C(c3cc(C(C)C)ccc3OC)CCC(C)C2)Cc2cc(C(F)(F)F)cc(C(F)(F)F)c2)n1. The van der Waals surface area contributed by atoms with Crippen LogP contribution in [0.2, 0.25) is 0 Å². The number of aromatic nitrogens is 4. The third-order valence-electron chi connectivity index (χ3n) is 7.75. The largest absolute Gasteiger partial charge is 0.496 e. The molecule has 1 atom stereocenters. The predicted octanol–water partition coefficient (Wildman–Crippen LogP) is 7.30. The Balaban J connectivity index is 1.84. The first kappa shape index (κ1) is 33.8. The first-order chi connectivity index (χ1) is 21.1. The van der Waals surface area contributed by atoms with Gasteiger partial charge in [-0.2, -0.15) is 31.1 Å². The van der Waals surface area contributed by atoms with Gasteiger partial charge in [-0.05, 0) is 88.9 Å². The van der Waals surface area contributed by atoms with Crippen LogP contribution in [-0.4, -0.2) is 46.9 Å². The van der Waals surface area contributed by atoms with E-state index in [-0.39, 0.29) is 42.5 Å². The molecular formula is C31H35F6N5O3. The Kier molecular flexibility index (Phi) is 10.1. The zero-order valence-electron chi connectivity index (χ0n) is 25.6. The number of esters is 1. The molecule has 0 spiro atoms. The molecule has 0 fully saturated rings. The summed E-state index contributed by atoms with van der Waals surface area (Å²) in [6.07, 6.45) is -7.82. The van der Waals surface area contributed by atoms with Gasteiger partial charge in [-0.1, -0.05) is 31.9 Å². The fraction of sp³-hybridized carbons (Fsp3) is 0.484. The van der Waals surface area contributed by atoms with Gasteiger partial charge in [0.2, 0.25) is 0 Å². The molecule has 1 unspecified atom stereocenters. The maximum absolute atomic E-state index is 13.7. The molecule has 0 saturated heterocycles. The Morgan fingerprint density at radius 3 is 2.27 bits per heavy atom. The molecule has 1 aliphatic carbocycles. The van der Waals surface area contributed by atoms with Gasteiger partial charge in [0.1, 0.15) is 5.75 Å². The van der Waals surface area contributed by atoms with E-state index in [2.05, 4.69) is 47.0 Å². The van der Waals surface area contributed by atoms with Gasteiger partial charge in [-0.25, -0.2) is 4.79 Å². The molecule has 0 saturated carbocycles. The number of benzene rings is 2. The van der Waals surface area contributed by atoms with E-state index in [1.165, 1.54) is 12.0 Å². The number of ether oxygens (including phenoxy) is 2. The first-order valence-electron chi connectivity index (χ1n) is 14.4. The number of allylic oxidation sites excluding steroid dienone is 1. The van der Waals surface area contributed by atoms with Crippen LogP contribution < -0.4 is 9.64 Å². The molecule has 244 valence electrons. The van der Waals surface area contributed by atoms with E-state index in [1.807, 2.05) is 12.1 Å². The van der Waals surface area contributed by atoms with Crippen LogP contribution in [-0.2, 0) is 35.0 Å². The van der Waals surface area contributed by atoms with Crippen LogP contribution in [0, 0.1) is 5.92 Å². The minimum absolute atomic E-state index is 0.0714. The van der Waals surface area contributed by atoms with Gasteiger partial charge in [0.05, 0.1) is 25.3 Å². The van der Waals surface area contributed by atoms with Crippen LogP contribution in [0.15, 0.2) is 42.0 Å². The van der Waals surface area contributed by atoms with Crippen molar-refractivity contribution in [2.45, 2.75) is 71.4 Å². The number of alkyl halides is 6. The highest BCUT2D eigenvalue weighted by molar-refractivity contribution is 5.75. The van der Waals surface area contributed by atoms with E-state index in [9.17, 15) is 31.1 Å². The van der Waals surface area contributed by atoms with Gasteiger partial charge in [0, 0.05) is 18.7 Å². The van der Waals surface area contributed by atoms with Gasteiger partial charge >= 0.3 is 18.3 Å². The summed E-state index contributed by atoms with van der Waals surface area (Å²) in [6.45, 7) is 5.51. The molecular weight excluding hydrogens is 604 g/mol. The third kappa shape index (κ3) is 8.34. The van der Waals surface area contributed by atoms with E-state index >= 15 is 0 Å². The number of methoxy groups -OCH3 is 2. The fourth-order valence-electron chi connectivity index (χ4n) is 5.39. The van der Waals surface area contributed by atoms with Crippen LogP contribution in [0.5, 0.6) is 5.75 Å². The summed E-state index contributed by atoms with van der Waals surface area (Å²) in [5, 5.41) is 12.1. The van der Waals surface area contributed by atoms with Gasteiger partial charge in [-0.3, -0.25) is 0 Å². The molecule has 0 N–H and O–H groups in total. The minimum atomic E-state index is -5.00. The zero-order valence-corrected chi connectivity index (χ0v) is 25.6. The highest BCUT2D eigenvalue weighted by atomic mass is 19.4. The molecule has 1 aromatic heterocycles. The number of carbonyl (C=O) groups excluding carboxylic acids is 1. The van der Waals surface area contributed by atoms with Crippen molar-refractivity contribution in [1.82, 2.24) is 20.2 Å². The highest BCUT2D eigenvalue weighted by Crippen LogP contribution is 2.41. The topological polar surface area (TPSA) is 82.4 Å². The fourth-order valence-corrected chi connectivity index (χ4v) is 5.39. The van der Waals surface area contributed by atoms with Crippen molar-refractivity contribution in [3.8, 4) is 5.75 Å². The molecule has 2 aromatic carbocycles. The Hall–Kier alpha value is -4.10. The van der Waals surface area contributed by atoms with Crippen LogP contribution in [0.3, 0.4) is 0 Å². The lowest BCUT2D eigenvalue weighted by molar-refractivity contribution is -0.143. The van der Waals surface area contributed by atoms with E-state index < -0.39 is 36.0 Å². The summed E-state index contributed by atoms with van der Waals surface area (Å²) in [7, 11) is 2.75. The van der Waals surface area contributed by atoms with Crippen LogP contribution in [0.1, 0.15) is 73.8 Å². The first-order valence-corrected chi connectivity index (χ1v) is 14.4. The van der Waals surface area contributed by atoms with Crippen molar-refractivity contribution in [3.05, 3.63) is 69.8 Å². The number of halogens is 6. The second kappa shape index (κ2) is 13.5. The number of hydrogen-bond acceptors (Lipinski definition) is 7. The maximum atomic E-state index is 13.7. The quantitative estimate of drug-likeness (QED) is 0.170. The van der Waals surface area contributed by atoms with Crippen molar-refractivity contribution in [1.29, 1.82) is 0 Å². The van der Waals surface area contributed by atoms with E-state index in [4.69, 9.17) is 4.74 Å². The molecule has 1 heterocycles. The minimum Gasteiger partial charge on any atom is -0.496 e. The van der Waals surface area contributed by atoms with E-state index in [0.717, 1.165) is 33.5 Å². The monoisotopic (exact) mass is 639 g/mol. The lowest BCUT2D eigenvalue weighted by Gasteiger charge is -2.31. The number of hydrogen-bond donors (Lipinski definition) is 0. The Morgan fingerprint density at radius 1 is 1.02 bits per heavy atom. The Labute approximate surface area is 257 Å². The van der Waals surface area contributed by atoms with Crippen molar-refractivity contribution in [2.75, 3.05) is 25.7 Å². The predicted molar refractivity (Wildman–Crippen MR) is 154 cm³/mol. The molecule has 45 heavy (non-hydrogen) atoms. The van der Waals surface area contributed by atoms with Gasteiger partial charge in [0.15, 0.2) is 6.54 Å². The summed E-state index contributed by atoms with van der Waals surface area (Å²) in [4.78, 5) is 14.2. The number of rotatable bonds is 10. The number of tetrazole rings is 1. The molecule has 0 aliphatic heterocycles.